The van der Waals surface area contributed by atoms with Crippen LogP contribution in [0.5, 0.6) is 0 Å². The molecule has 1 aromatic heterocycles. The van der Waals surface area contributed by atoms with Crippen LogP contribution < -0.4 is 0 Å². The molecule has 0 aliphatic heterocycles. The number of furan rings is 1. The minimum Gasteiger partial charge on any atom is -0.445 e. The number of benzene rings is 1. The largest absolute Gasteiger partial charge is 0.445 e. The first-order valence-corrected chi connectivity index (χ1v) is 5.23. The number of aryl methyl sites for hydroxylation is 1. The predicted molar refractivity (Wildman–Crippen MR) is 57.6 cm³/mol. The summed E-state index contributed by atoms with van der Waals surface area (Å²) in [6.45, 7) is 2.06. The average molecular weight is 197 g/mol. The molecule has 0 amide bonds. The summed E-state index contributed by atoms with van der Waals surface area (Å²) in [6, 6.07) is 8.25. The molecule has 0 N–H and O–H groups in total. The number of nitriles is 1. The zero-order chi connectivity index (χ0) is 10.4. The number of hydrogen-bond donors (Lipinski definition) is 0. The molecule has 2 heteroatoms. The van der Waals surface area contributed by atoms with Crippen LogP contribution in [-0.4, -0.2) is 0 Å². The van der Waals surface area contributed by atoms with E-state index in [0.717, 1.165) is 16.5 Å². The highest BCUT2D eigenvalue weighted by Crippen LogP contribution is 2.46. The highest BCUT2D eigenvalue weighted by Gasteiger charge is 2.30. The molecular formula is C13H11NO. The second kappa shape index (κ2) is 2.87. The van der Waals surface area contributed by atoms with Gasteiger partial charge in [0.2, 0.25) is 5.76 Å². The lowest BCUT2D eigenvalue weighted by molar-refractivity contribution is 0.594. The quantitative estimate of drug-likeness (QED) is 0.701. The van der Waals surface area contributed by atoms with Crippen LogP contribution in [0.3, 0.4) is 0 Å². The lowest BCUT2D eigenvalue weighted by atomic mass is 10.0. The predicted octanol–water partition coefficient (Wildman–Crippen LogP) is 3.49. The van der Waals surface area contributed by atoms with E-state index in [1.807, 2.05) is 12.1 Å². The molecular weight excluding hydrogens is 186 g/mol. The van der Waals surface area contributed by atoms with Gasteiger partial charge in [-0.2, -0.15) is 5.26 Å². The lowest BCUT2D eigenvalue weighted by Crippen LogP contribution is -1.81. The Morgan fingerprint density at radius 2 is 2.20 bits per heavy atom. The van der Waals surface area contributed by atoms with Crippen molar-refractivity contribution in [2.75, 3.05) is 0 Å². The van der Waals surface area contributed by atoms with Crippen LogP contribution in [0.25, 0.3) is 11.0 Å². The first-order valence-electron chi connectivity index (χ1n) is 5.23. The summed E-state index contributed by atoms with van der Waals surface area (Å²) in [5.74, 6) is 1.07. The van der Waals surface area contributed by atoms with Gasteiger partial charge in [0, 0.05) is 10.9 Å². The summed E-state index contributed by atoms with van der Waals surface area (Å²) in [6.07, 6.45) is 2.38. The average Bonchev–Trinajstić information content (AvgIpc) is 2.99. The van der Waals surface area contributed by atoms with Crippen LogP contribution in [0.2, 0.25) is 0 Å². The van der Waals surface area contributed by atoms with Crippen LogP contribution in [0.15, 0.2) is 22.6 Å². The fourth-order valence-electron chi connectivity index (χ4n) is 2.09. The smallest absolute Gasteiger partial charge is 0.208 e. The first-order chi connectivity index (χ1) is 7.29. The number of rotatable bonds is 1. The molecule has 0 spiro atoms. The summed E-state index contributed by atoms with van der Waals surface area (Å²) in [5.41, 5.74) is 3.20. The molecule has 0 radical (unpaired) electrons. The van der Waals surface area contributed by atoms with Gasteiger partial charge in [-0.3, -0.25) is 0 Å². The van der Waals surface area contributed by atoms with E-state index in [2.05, 4.69) is 19.1 Å². The summed E-state index contributed by atoms with van der Waals surface area (Å²) < 4.78 is 5.54. The maximum atomic E-state index is 9.02. The monoisotopic (exact) mass is 197 g/mol. The fourth-order valence-corrected chi connectivity index (χ4v) is 2.09. The van der Waals surface area contributed by atoms with Gasteiger partial charge in [0.1, 0.15) is 11.7 Å². The normalized spacial score (nSPS) is 15.5. The van der Waals surface area contributed by atoms with Crippen molar-refractivity contribution in [3.8, 4) is 6.07 Å². The fraction of sp³-hybridized carbons (Fsp3) is 0.308. The van der Waals surface area contributed by atoms with Gasteiger partial charge in [-0.15, -0.1) is 0 Å². The van der Waals surface area contributed by atoms with Crippen LogP contribution in [0.1, 0.15) is 35.6 Å². The lowest BCUT2D eigenvalue weighted by Gasteiger charge is -1.95. The van der Waals surface area contributed by atoms with Crippen molar-refractivity contribution in [1.82, 2.24) is 0 Å². The summed E-state index contributed by atoms with van der Waals surface area (Å²) in [7, 11) is 0. The standard InChI is InChI=1S/C13H11NO/c1-8-2-5-11-10(6-8)13(9-3-4-9)12(7-14)15-11/h2,5-6,9H,3-4H2,1H3. The first kappa shape index (κ1) is 8.55. The molecule has 1 saturated carbocycles. The van der Waals surface area contributed by atoms with Gasteiger partial charge in [-0.1, -0.05) is 11.6 Å². The molecule has 0 saturated heterocycles. The Morgan fingerprint density at radius 1 is 1.40 bits per heavy atom. The molecule has 3 rings (SSSR count). The molecule has 15 heavy (non-hydrogen) atoms. The Balaban J connectivity index is 2.36. The maximum Gasteiger partial charge on any atom is 0.208 e. The van der Waals surface area contributed by atoms with E-state index in [-0.39, 0.29) is 0 Å². The van der Waals surface area contributed by atoms with Crippen molar-refractivity contribution in [2.45, 2.75) is 25.7 Å². The van der Waals surface area contributed by atoms with Crippen LogP contribution in [-0.2, 0) is 0 Å². The molecule has 2 aromatic rings. The molecule has 1 aliphatic carbocycles. The van der Waals surface area contributed by atoms with E-state index in [1.54, 1.807) is 0 Å². The Bertz CT molecular complexity index is 570. The van der Waals surface area contributed by atoms with Crippen molar-refractivity contribution >= 4 is 11.0 Å². The van der Waals surface area contributed by atoms with E-state index in [0.29, 0.717) is 11.7 Å². The maximum absolute atomic E-state index is 9.02. The van der Waals surface area contributed by atoms with Crippen LogP contribution in [0.4, 0.5) is 0 Å². The van der Waals surface area contributed by atoms with Gasteiger partial charge in [0.25, 0.3) is 0 Å². The van der Waals surface area contributed by atoms with Crippen molar-refractivity contribution in [3.63, 3.8) is 0 Å². The highest BCUT2D eigenvalue weighted by atomic mass is 16.3. The minimum atomic E-state index is 0.512. The molecule has 74 valence electrons. The van der Waals surface area contributed by atoms with Gasteiger partial charge in [-0.25, -0.2) is 0 Å². The molecule has 2 nitrogen and oxygen atoms in total. The molecule has 1 heterocycles. The van der Waals surface area contributed by atoms with Gasteiger partial charge < -0.3 is 4.42 Å². The van der Waals surface area contributed by atoms with Gasteiger partial charge in [0.05, 0.1) is 0 Å². The van der Waals surface area contributed by atoms with E-state index < -0.39 is 0 Å². The second-order valence-electron chi connectivity index (χ2n) is 4.23. The van der Waals surface area contributed by atoms with E-state index in [1.165, 1.54) is 18.4 Å². The highest BCUT2D eigenvalue weighted by molar-refractivity contribution is 5.85. The van der Waals surface area contributed by atoms with Gasteiger partial charge in [0.15, 0.2) is 0 Å². The van der Waals surface area contributed by atoms with E-state index in [9.17, 15) is 0 Å². The summed E-state index contributed by atoms with van der Waals surface area (Å²) in [5, 5.41) is 10.2. The van der Waals surface area contributed by atoms with Crippen molar-refractivity contribution in [1.29, 1.82) is 5.26 Å². The van der Waals surface area contributed by atoms with E-state index >= 15 is 0 Å². The molecule has 1 fully saturated rings. The van der Waals surface area contributed by atoms with Crippen LogP contribution in [0, 0.1) is 18.3 Å². The topological polar surface area (TPSA) is 36.9 Å². The molecule has 0 unspecified atom stereocenters. The van der Waals surface area contributed by atoms with Gasteiger partial charge in [-0.05, 0) is 37.8 Å². The third-order valence-corrected chi connectivity index (χ3v) is 2.97. The van der Waals surface area contributed by atoms with Crippen molar-refractivity contribution < 1.29 is 4.42 Å². The third-order valence-electron chi connectivity index (χ3n) is 2.97. The second-order valence-corrected chi connectivity index (χ2v) is 4.23. The Morgan fingerprint density at radius 3 is 2.87 bits per heavy atom. The Kier molecular flexibility index (Phi) is 1.63. The molecule has 1 aromatic carbocycles. The number of hydrogen-bond acceptors (Lipinski definition) is 2. The van der Waals surface area contributed by atoms with Crippen LogP contribution >= 0.6 is 0 Å². The number of nitrogens with zero attached hydrogens (tertiary/aromatic N) is 1. The van der Waals surface area contributed by atoms with Crippen molar-refractivity contribution in [3.05, 3.63) is 35.1 Å². The summed E-state index contributed by atoms with van der Waals surface area (Å²) in [4.78, 5) is 0. The van der Waals surface area contributed by atoms with E-state index in [4.69, 9.17) is 9.68 Å². The van der Waals surface area contributed by atoms with Crippen molar-refractivity contribution in [2.24, 2.45) is 0 Å². The zero-order valence-corrected chi connectivity index (χ0v) is 8.58. The Hall–Kier alpha value is -1.75. The molecule has 0 bridgehead atoms. The minimum absolute atomic E-state index is 0.512. The third kappa shape index (κ3) is 1.24. The SMILES string of the molecule is Cc1ccc2oc(C#N)c(C3CC3)c2c1. The Labute approximate surface area is 88.1 Å². The number of fused-ring (bicyclic) bond motifs is 1. The summed E-state index contributed by atoms with van der Waals surface area (Å²) >= 11 is 0. The molecule has 1 aliphatic rings. The zero-order valence-electron chi connectivity index (χ0n) is 8.58. The molecule has 0 atom stereocenters. The van der Waals surface area contributed by atoms with Gasteiger partial charge >= 0.3 is 0 Å².